The lowest BCUT2D eigenvalue weighted by atomic mass is 9.91. The minimum absolute atomic E-state index is 0.651. The molecule has 3 heteroatoms. The van der Waals surface area contributed by atoms with E-state index in [-0.39, 0.29) is 0 Å². The fraction of sp³-hybridized carbons (Fsp3) is 0.765. The Hall–Kier alpha value is -0.380. The fourth-order valence-corrected chi connectivity index (χ4v) is 3.80. The van der Waals surface area contributed by atoms with Crippen LogP contribution in [-0.4, -0.2) is 36.6 Å². The van der Waals surface area contributed by atoms with Crippen LogP contribution in [0.4, 0.5) is 0 Å². The first-order valence-electron chi connectivity index (χ1n) is 8.10. The number of hydrogen-bond acceptors (Lipinski definition) is 3. The number of piperazine rings is 1. The van der Waals surface area contributed by atoms with Crippen LogP contribution >= 0.6 is 11.3 Å². The van der Waals surface area contributed by atoms with Crippen molar-refractivity contribution in [2.75, 3.05) is 19.6 Å². The first kappa shape index (κ1) is 16.0. The van der Waals surface area contributed by atoms with Gasteiger partial charge in [-0.3, -0.25) is 4.90 Å². The number of thiophene rings is 1. The molecule has 0 spiro atoms. The molecule has 0 aromatic carbocycles. The Morgan fingerprint density at radius 1 is 1.40 bits per heavy atom. The Labute approximate surface area is 128 Å². The van der Waals surface area contributed by atoms with Crippen molar-refractivity contribution in [2.45, 2.75) is 52.6 Å². The van der Waals surface area contributed by atoms with E-state index in [1.165, 1.54) is 31.5 Å². The van der Waals surface area contributed by atoms with Crippen LogP contribution < -0.4 is 5.32 Å². The van der Waals surface area contributed by atoms with Crippen LogP contribution in [0.3, 0.4) is 0 Å². The van der Waals surface area contributed by atoms with Gasteiger partial charge in [-0.05, 0) is 40.6 Å². The van der Waals surface area contributed by atoms with Gasteiger partial charge < -0.3 is 5.32 Å². The largest absolute Gasteiger partial charge is 0.311 e. The molecule has 3 unspecified atom stereocenters. The van der Waals surface area contributed by atoms with Gasteiger partial charge in [-0.1, -0.05) is 34.1 Å². The lowest BCUT2D eigenvalue weighted by molar-refractivity contribution is 0.0801. The molecule has 3 atom stereocenters. The van der Waals surface area contributed by atoms with E-state index in [1.54, 1.807) is 0 Å². The molecular formula is C17H30N2S. The number of nitrogens with one attached hydrogen (secondary N) is 1. The number of nitrogens with zero attached hydrogens (tertiary/aromatic N) is 1. The average Bonchev–Trinajstić information content (AvgIpc) is 2.97. The smallest absolute Gasteiger partial charge is 0.0247 e. The van der Waals surface area contributed by atoms with Crippen LogP contribution in [0.15, 0.2) is 16.8 Å². The molecule has 1 saturated heterocycles. The van der Waals surface area contributed by atoms with Crippen LogP contribution in [0.5, 0.6) is 0 Å². The maximum atomic E-state index is 3.77. The van der Waals surface area contributed by atoms with Gasteiger partial charge in [0.05, 0.1) is 0 Å². The first-order valence-corrected chi connectivity index (χ1v) is 9.04. The minimum atomic E-state index is 0.651. The van der Waals surface area contributed by atoms with Gasteiger partial charge in [0.1, 0.15) is 0 Å². The molecule has 0 bridgehead atoms. The Morgan fingerprint density at radius 2 is 2.20 bits per heavy atom. The van der Waals surface area contributed by atoms with Crippen LogP contribution in [0, 0.1) is 11.8 Å². The molecule has 20 heavy (non-hydrogen) atoms. The van der Waals surface area contributed by atoms with Gasteiger partial charge in [-0.15, -0.1) is 0 Å². The van der Waals surface area contributed by atoms with Crippen molar-refractivity contribution in [3.8, 4) is 0 Å². The molecule has 0 radical (unpaired) electrons. The van der Waals surface area contributed by atoms with Crippen LogP contribution in [-0.2, 0) is 6.42 Å². The van der Waals surface area contributed by atoms with Crippen LogP contribution in [0.1, 0.15) is 39.7 Å². The van der Waals surface area contributed by atoms with E-state index in [2.05, 4.69) is 54.7 Å². The maximum Gasteiger partial charge on any atom is 0.0247 e. The van der Waals surface area contributed by atoms with Crippen molar-refractivity contribution in [2.24, 2.45) is 11.8 Å². The zero-order valence-electron chi connectivity index (χ0n) is 13.4. The number of rotatable bonds is 6. The molecule has 1 aromatic rings. The van der Waals surface area contributed by atoms with E-state index in [0.29, 0.717) is 12.1 Å². The van der Waals surface area contributed by atoms with Gasteiger partial charge in [-0.2, -0.15) is 11.3 Å². The van der Waals surface area contributed by atoms with Crippen LogP contribution in [0.25, 0.3) is 0 Å². The summed E-state index contributed by atoms with van der Waals surface area (Å²) in [7, 11) is 0. The Bertz CT molecular complexity index is 374. The summed E-state index contributed by atoms with van der Waals surface area (Å²) in [6.45, 7) is 12.9. The van der Waals surface area contributed by atoms with Gasteiger partial charge in [0, 0.05) is 31.7 Å². The second-order valence-electron chi connectivity index (χ2n) is 6.59. The SMILES string of the molecule is CCC(C)C1CNC(C(C)C)CN1CCc1ccsc1. The molecule has 1 fully saturated rings. The van der Waals surface area contributed by atoms with Gasteiger partial charge in [0.2, 0.25) is 0 Å². The minimum Gasteiger partial charge on any atom is -0.311 e. The van der Waals surface area contributed by atoms with E-state index >= 15 is 0 Å². The van der Waals surface area contributed by atoms with Crippen molar-refractivity contribution in [1.82, 2.24) is 10.2 Å². The molecule has 0 amide bonds. The van der Waals surface area contributed by atoms with Gasteiger partial charge in [-0.25, -0.2) is 0 Å². The monoisotopic (exact) mass is 294 g/mol. The predicted molar refractivity (Wildman–Crippen MR) is 89.5 cm³/mol. The van der Waals surface area contributed by atoms with E-state index in [4.69, 9.17) is 0 Å². The lowest BCUT2D eigenvalue weighted by Gasteiger charge is -2.44. The van der Waals surface area contributed by atoms with Crippen molar-refractivity contribution in [3.05, 3.63) is 22.4 Å². The predicted octanol–water partition coefficient (Wildman–Crippen LogP) is 3.64. The highest BCUT2D eigenvalue weighted by Gasteiger charge is 2.31. The Balaban J connectivity index is 1.97. The summed E-state index contributed by atoms with van der Waals surface area (Å²) >= 11 is 1.81. The first-order chi connectivity index (χ1) is 9.61. The van der Waals surface area contributed by atoms with Gasteiger partial charge >= 0.3 is 0 Å². The highest BCUT2D eigenvalue weighted by molar-refractivity contribution is 7.07. The highest BCUT2D eigenvalue weighted by Crippen LogP contribution is 2.21. The van der Waals surface area contributed by atoms with E-state index in [0.717, 1.165) is 18.4 Å². The van der Waals surface area contributed by atoms with Crippen LogP contribution in [0.2, 0.25) is 0 Å². The van der Waals surface area contributed by atoms with Gasteiger partial charge in [0.15, 0.2) is 0 Å². The van der Waals surface area contributed by atoms with Crippen molar-refractivity contribution >= 4 is 11.3 Å². The zero-order valence-corrected chi connectivity index (χ0v) is 14.2. The van der Waals surface area contributed by atoms with E-state index in [1.807, 2.05) is 11.3 Å². The lowest BCUT2D eigenvalue weighted by Crippen LogP contribution is -2.60. The second kappa shape index (κ2) is 7.58. The summed E-state index contributed by atoms with van der Waals surface area (Å²) in [6, 6.07) is 3.62. The molecule has 0 saturated carbocycles. The average molecular weight is 295 g/mol. The summed E-state index contributed by atoms with van der Waals surface area (Å²) < 4.78 is 0. The molecule has 0 aliphatic carbocycles. The highest BCUT2D eigenvalue weighted by atomic mass is 32.1. The quantitative estimate of drug-likeness (QED) is 0.862. The molecule has 114 valence electrons. The van der Waals surface area contributed by atoms with E-state index < -0.39 is 0 Å². The summed E-state index contributed by atoms with van der Waals surface area (Å²) in [5.41, 5.74) is 1.50. The van der Waals surface area contributed by atoms with Crippen molar-refractivity contribution in [1.29, 1.82) is 0 Å². The van der Waals surface area contributed by atoms with Crippen molar-refractivity contribution < 1.29 is 0 Å². The second-order valence-corrected chi connectivity index (χ2v) is 7.37. The molecule has 2 heterocycles. The fourth-order valence-electron chi connectivity index (χ4n) is 3.10. The van der Waals surface area contributed by atoms with E-state index in [9.17, 15) is 0 Å². The topological polar surface area (TPSA) is 15.3 Å². The van der Waals surface area contributed by atoms with Gasteiger partial charge in [0.25, 0.3) is 0 Å². The summed E-state index contributed by atoms with van der Waals surface area (Å²) in [4.78, 5) is 2.74. The number of hydrogen-bond donors (Lipinski definition) is 1. The molecule has 1 N–H and O–H groups in total. The molecular weight excluding hydrogens is 264 g/mol. The normalized spacial score (nSPS) is 26.1. The standard InChI is InChI=1S/C17H30N2S/c1-5-14(4)17-10-18-16(13(2)3)11-19(17)8-6-15-7-9-20-12-15/h7,9,12-14,16-18H,5-6,8,10-11H2,1-4H3. The molecule has 2 nitrogen and oxygen atoms in total. The molecule has 2 rings (SSSR count). The molecule has 1 aliphatic heterocycles. The molecule has 1 aromatic heterocycles. The Morgan fingerprint density at radius 3 is 2.80 bits per heavy atom. The third kappa shape index (κ3) is 4.06. The summed E-state index contributed by atoms with van der Waals surface area (Å²) in [5, 5.41) is 8.25. The third-order valence-corrected chi connectivity index (χ3v) is 5.59. The summed E-state index contributed by atoms with van der Waals surface area (Å²) in [5.74, 6) is 1.50. The third-order valence-electron chi connectivity index (χ3n) is 4.86. The summed E-state index contributed by atoms with van der Waals surface area (Å²) in [6.07, 6.45) is 2.47. The Kier molecular flexibility index (Phi) is 6.06. The zero-order chi connectivity index (χ0) is 14.5. The van der Waals surface area contributed by atoms with Crippen molar-refractivity contribution in [3.63, 3.8) is 0 Å². The maximum absolute atomic E-state index is 3.77. The molecule has 1 aliphatic rings.